The van der Waals surface area contributed by atoms with E-state index in [9.17, 15) is 14.7 Å². The molecule has 0 saturated heterocycles. The third-order valence-electron chi connectivity index (χ3n) is 12.8. The summed E-state index contributed by atoms with van der Waals surface area (Å²) in [5.74, 6) is 4.35. The van der Waals surface area contributed by atoms with E-state index in [0.717, 1.165) is 61.3 Å². The van der Waals surface area contributed by atoms with Crippen LogP contribution in [0.1, 0.15) is 117 Å². The topological polar surface area (TPSA) is 75.6 Å². The van der Waals surface area contributed by atoms with Crippen molar-refractivity contribution in [1.82, 2.24) is 5.32 Å². The van der Waals surface area contributed by atoms with Gasteiger partial charge in [-0.05, 0) is 110 Å². The Bertz CT molecular complexity index is 1150. The molecule has 5 rings (SSSR count). The van der Waals surface area contributed by atoms with E-state index in [1.165, 1.54) is 38.5 Å². The van der Waals surface area contributed by atoms with Gasteiger partial charge in [0.1, 0.15) is 6.61 Å². The summed E-state index contributed by atoms with van der Waals surface area (Å²) in [6.07, 6.45) is 15.6. The zero-order valence-corrected chi connectivity index (χ0v) is 27.4. The van der Waals surface area contributed by atoms with Crippen molar-refractivity contribution in [3.05, 3.63) is 47.5 Å². The van der Waals surface area contributed by atoms with Crippen LogP contribution < -0.4 is 5.32 Å². The molecule has 10 atom stereocenters. The van der Waals surface area contributed by atoms with Crippen LogP contribution in [-0.4, -0.2) is 29.1 Å². The highest BCUT2D eigenvalue weighted by Crippen LogP contribution is 2.67. The maximum atomic E-state index is 12.8. The van der Waals surface area contributed by atoms with Crippen molar-refractivity contribution >= 4 is 11.9 Å². The lowest BCUT2D eigenvalue weighted by atomic mass is 9.47. The van der Waals surface area contributed by atoms with Crippen LogP contribution in [0.15, 0.2) is 42.0 Å². The number of ether oxygens (including phenoxy) is 1. The van der Waals surface area contributed by atoms with Crippen molar-refractivity contribution < 1.29 is 19.4 Å². The molecular weight excluding hydrogens is 534 g/mol. The monoisotopic (exact) mass is 591 g/mol. The number of aliphatic hydroxyl groups excluding tert-OH is 1. The van der Waals surface area contributed by atoms with Gasteiger partial charge < -0.3 is 15.2 Å². The Morgan fingerprint density at radius 3 is 2.53 bits per heavy atom. The van der Waals surface area contributed by atoms with Crippen molar-refractivity contribution in [2.24, 2.45) is 46.3 Å². The van der Waals surface area contributed by atoms with E-state index >= 15 is 0 Å². The summed E-state index contributed by atoms with van der Waals surface area (Å²) in [4.78, 5) is 25.0. The number of nitrogens with one attached hydrogen (secondary N) is 1. The maximum Gasteiger partial charge on any atom is 0.408 e. The molecule has 3 saturated carbocycles. The van der Waals surface area contributed by atoms with Gasteiger partial charge in [0.2, 0.25) is 0 Å². The van der Waals surface area contributed by atoms with Crippen molar-refractivity contribution in [2.45, 2.75) is 130 Å². The average molecular weight is 592 g/mol. The molecular formula is C38H57NO4. The molecule has 4 aliphatic rings. The van der Waals surface area contributed by atoms with Crippen LogP contribution in [0.5, 0.6) is 0 Å². The van der Waals surface area contributed by atoms with Gasteiger partial charge in [0.05, 0.1) is 12.1 Å². The van der Waals surface area contributed by atoms with Crippen molar-refractivity contribution in [2.75, 3.05) is 0 Å². The van der Waals surface area contributed by atoms with Gasteiger partial charge in [-0.25, -0.2) is 4.79 Å². The second kappa shape index (κ2) is 13.5. The molecule has 3 fully saturated rings. The number of amides is 1. The Morgan fingerprint density at radius 1 is 1.00 bits per heavy atom. The molecule has 0 radical (unpaired) electrons. The number of ketones is 1. The van der Waals surface area contributed by atoms with Gasteiger partial charge in [-0.1, -0.05) is 88.9 Å². The van der Waals surface area contributed by atoms with E-state index in [0.29, 0.717) is 29.1 Å². The fourth-order valence-corrected chi connectivity index (χ4v) is 10.3. The first-order chi connectivity index (χ1) is 20.5. The molecule has 1 aromatic rings. The fourth-order valence-electron chi connectivity index (χ4n) is 10.3. The number of aliphatic hydroxyl groups is 1. The molecule has 0 aliphatic heterocycles. The highest BCUT2D eigenvalue weighted by Gasteiger charge is 2.59. The molecule has 2 N–H and O–H groups in total. The predicted molar refractivity (Wildman–Crippen MR) is 172 cm³/mol. The first-order valence-corrected chi connectivity index (χ1v) is 17.4. The zero-order valence-electron chi connectivity index (χ0n) is 27.4. The van der Waals surface area contributed by atoms with E-state index < -0.39 is 12.1 Å². The van der Waals surface area contributed by atoms with Gasteiger partial charge in [0, 0.05) is 6.42 Å². The van der Waals surface area contributed by atoms with Gasteiger partial charge in [0.25, 0.3) is 0 Å². The molecule has 0 heterocycles. The van der Waals surface area contributed by atoms with Crippen LogP contribution >= 0.6 is 0 Å². The van der Waals surface area contributed by atoms with Crippen LogP contribution in [0, 0.1) is 46.3 Å². The number of alkyl carbamates (subject to hydrolysis) is 1. The minimum atomic E-state index is -0.542. The lowest BCUT2D eigenvalue weighted by molar-refractivity contribution is -0.121. The first-order valence-electron chi connectivity index (χ1n) is 17.4. The third kappa shape index (κ3) is 6.92. The molecule has 5 heteroatoms. The highest BCUT2D eigenvalue weighted by atomic mass is 16.5. The molecule has 0 aromatic heterocycles. The van der Waals surface area contributed by atoms with Gasteiger partial charge in [0.15, 0.2) is 5.78 Å². The Hall–Kier alpha value is -2.14. The van der Waals surface area contributed by atoms with Crippen LogP contribution in [0.3, 0.4) is 0 Å². The number of benzene rings is 1. The van der Waals surface area contributed by atoms with E-state index in [1.54, 1.807) is 12.5 Å². The Balaban J connectivity index is 1.05. The molecule has 5 nitrogen and oxygen atoms in total. The summed E-state index contributed by atoms with van der Waals surface area (Å²) in [5.41, 5.74) is 3.26. The van der Waals surface area contributed by atoms with Crippen molar-refractivity contribution in [3.63, 3.8) is 0 Å². The molecule has 1 amide bonds. The second-order valence-electron chi connectivity index (χ2n) is 15.5. The minimum absolute atomic E-state index is 0.0750. The molecule has 238 valence electrons. The number of Topliss-reactive ketones (excluding diaryl/α,β-unsaturated/α-hetero) is 1. The number of hydrogen-bond acceptors (Lipinski definition) is 4. The normalized spacial score (nSPS) is 35.4. The van der Waals surface area contributed by atoms with Gasteiger partial charge in [-0.2, -0.15) is 0 Å². The number of allylic oxidation sites excluding steroid dienone is 1. The fraction of sp³-hybridized carbons (Fsp3) is 0.737. The molecule has 43 heavy (non-hydrogen) atoms. The number of carbonyl (C=O) groups is 2. The number of carbonyl (C=O) groups excluding carboxylic acids is 2. The first kappa shape index (κ1) is 32.3. The van der Waals surface area contributed by atoms with Crippen molar-refractivity contribution in [1.29, 1.82) is 0 Å². The third-order valence-corrected chi connectivity index (χ3v) is 12.8. The van der Waals surface area contributed by atoms with Gasteiger partial charge in [-0.3, -0.25) is 4.79 Å². The van der Waals surface area contributed by atoms with Gasteiger partial charge in [-0.15, -0.1) is 0 Å². The number of rotatable bonds is 11. The number of hydrogen-bond donors (Lipinski definition) is 2. The van der Waals surface area contributed by atoms with Crippen LogP contribution in [0.2, 0.25) is 0 Å². The van der Waals surface area contributed by atoms with Gasteiger partial charge >= 0.3 is 6.09 Å². The smallest absolute Gasteiger partial charge is 0.408 e. The lowest BCUT2D eigenvalue weighted by Gasteiger charge is -2.58. The molecule has 1 aromatic carbocycles. The largest absolute Gasteiger partial charge is 0.445 e. The van der Waals surface area contributed by atoms with E-state index in [-0.39, 0.29) is 18.5 Å². The average Bonchev–Trinajstić information content (AvgIpc) is 3.34. The Morgan fingerprint density at radius 2 is 1.77 bits per heavy atom. The van der Waals surface area contributed by atoms with Crippen LogP contribution in [0.25, 0.3) is 0 Å². The summed E-state index contributed by atoms with van der Waals surface area (Å²) < 4.78 is 5.29. The van der Waals surface area contributed by atoms with Crippen molar-refractivity contribution in [3.8, 4) is 0 Å². The minimum Gasteiger partial charge on any atom is -0.445 e. The summed E-state index contributed by atoms with van der Waals surface area (Å²) in [6, 6.07) is 9.03. The predicted octanol–water partition coefficient (Wildman–Crippen LogP) is 8.64. The Kier molecular flexibility index (Phi) is 10.1. The Labute approximate surface area is 260 Å². The second-order valence-corrected chi connectivity index (χ2v) is 15.5. The molecule has 4 aliphatic carbocycles. The molecule has 0 spiro atoms. The van der Waals surface area contributed by atoms with Crippen LogP contribution in [0.4, 0.5) is 4.79 Å². The van der Waals surface area contributed by atoms with E-state index in [2.05, 4.69) is 39.1 Å². The lowest BCUT2D eigenvalue weighted by Crippen LogP contribution is -2.50. The summed E-state index contributed by atoms with van der Waals surface area (Å²) in [7, 11) is 0. The summed E-state index contributed by atoms with van der Waals surface area (Å²) in [6.45, 7) is 11.8. The SMILES string of the molecule is CC(CCC[C@@H](C)[C@H]1CC[C@H]2[C@@H]3CC=C4C[C@@H](O)CC[C@]4(C)[C@H]3CC[C@]12C)CC(=O)[C@H](C)NC(=O)OCc1ccccc1. The molecule has 0 bridgehead atoms. The summed E-state index contributed by atoms with van der Waals surface area (Å²) in [5, 5.41) is 13.0. The highest BCUT2D eigenvalue weighted by molar-refractivity contribution is 5.87. The zero-order chi connectivity index (χ0) is 30.8. The molecule has 1 unspecified atom stereocenters. The van der Waals surface area contributed by atoms with E-state index in [1.807, 2.05) is 30.3 Å². The number of fused-ring (bicyclic) bond motifs is 5. The standard InChI is InChI=1S/C38H57NO4/c1-25(22-35(41)27(3)39-36(42)43-24-28-12-7-6-8-13-28)10-9-11-26(2)32-16-17-33-31-15-14-29-23-30(40)18-20-37(29,4)34(31)19-21-38(32,33)5/h6-8,12-14,25-27,30-34,40H,9-11,15-24H2,1-5H3,(H,39,42)/t25?,26-,27+,30+,31+,32-,33+,34+,37+,38-/m1/s1. The van der Waals surface area contributed by atoms with Crippen LogP contribution in [-0.2, 0) is 16.1 Å². The quantitative estimate of drug-likeness (QED) is 0.253. The van der Waals surface area contributed by atoms with E-state index in [4.69, 9.17) is 4.74 Å². The summed E-state index contributed by atoms with van der Waals surface area (Å²) >= 11 is 0. The maximum absolute atomic E-state index is 12.8.